The lowest BCUT2D eigenvalue weighted by atomic mass is 9.99. The topological polar surface area (TPSA) is 32.5 Å². The first-order chi connectivity index (χ1) is 24.8. The Bertz CT molecular complexity index is 2660. The molecule has 0 N–H and O–H groups in total. The van der Waals surface area contributed by atoms with E-state index in [1.807, 2.05) is 0 Å². The fourth-order valence-corrected chi connectivity index (χ4v) is 8.33. The van der Waals surface area contributed by atoms with Crippen LogP contribution in [0.3, 0.4) is 0 Å². The maximum Gasteiger partial charge on any atom is 0.160 e. The Hall–Kier alpha value is -6.43. The summed E-state index contributed by atoms with van der Waals surface area (Å²) in [6.45, 7) is 0. The van der Waals surface area contributed by atoms with Crippen LogP contribution in [0.5, 0.6) is 0 Å². The van der Waals surface area contributed by atoms with Crippen molar-refractivity contribution >= 4 is 88.4 Å². The molecule has 8 aromatic carbocycles. The van der Waals surface area contributed by atoms with Crippen LogP contribution in [0, 0.1) is 0 Å². The summed E-state index contributed by atoms with van der Waals surface area (Å²) >= 11 is 1.75. The van der Waals surface area contributed by atoms with Gasteiger partial charge in [0, 0.05) is 55.5 Å². The number of thiazole rings is 1. The summed E-state index contributed by atoms with van der Waals surface area (Å²) in [6, 6.07) is 61.5. The molecule has 0 aliphatic rings. The highest BCUT2D eigenvalue weighted by molar-refractivity contribution is 7.22. The minimum Gasteiger partial charge on any atom is -0.454 e. The summed E-state index contributed by atoms with van der Waals surface area (Å²) in [6.07, 6.45) is 0. The fourth-order valence-electron chi connectivity index (χ4n) is 7.21. The molecule has 0 bridgehead atoms. The average Bonchev–Trinajstić information content (AvgIpc) is 3.81. The molecule has 0 saturated carbocycles. The van der Waals surface area contributed by atoms with Crippen LogP contribution in [-0.2, 0) is 0 Å². The smallest absolute Gasteiger partial charge is 0.160 e. The van der Waals surface area contributed by atoms with Crippen LogP contribution >= 0.6 is 11.3 Å². The van der Waals surface area contributed by atoms with Crippen molar-refractivity contribution in [1.82, 2.24) is 4.98 Å². The summed E-state index contributed by atoms with van der Waals surface area (Å²) in [5.74, 6) is 0. The molecule has 0 spiro atoms. The molecule has 0 aliphatic carbocycles. The summed E-state index contributed by atoms with van der Waals surface area (Å²) in [5.41, 5.74) is 10.3. The van der Waals surface area contributed by atoms with E-state index < -0.39 is 0 Å². The third-order valence-corrected chi connectivity index (χ3v) is 10.6. The van der Waals surface area contributed by atoms with Crippen molar-refractivity contribution in [3.63, 3.8) is 0 Å². The number of nitrogens with zero attached hydrogens (tertiary/aromatic N) is 3. The molecule has 10 aromatic rings. The Balaban J connectivity index is 1.13. The molecule has 2 aromatic heterocycles. The quantitative estimate of drug-likeness (QED) is 0.159. The number of furan rings is 1. The number of fused-ring (bicyclic) bond motifs is 3. The van der Waals surface area contributed by atoms with Gasteiger partial charge in [0.05, 0.1) is 15.9 Å². The Morgan fingerprint density at radius 1 is 0.440 bits per heavy atom. The molecule has 10 rings (SSSR count). The van der Waals surface area contributed by atoms with E-state index in [1.165, 1.54) is 10.1 Å². The van der Waals surface area contributed by atoms with Crippen LogP contribution in [-0.4, -0.2) is 4.98 Å². The van der Waals surface area contributed by atoms with Crippen molar-refractivity contribution in [1.29, 1.82) is 0 Å². The zero-order valence-corrected chi connectivity index (χ0v) is 27.7. The number of para-hydroxylation sites is 4. The van der Waals surface area contributed by atoms with E-state index in [9.17, 15) is 0 Å². The first-order valence-electron chi connectivity index (χ1n) is 16.7. The Morgan fingerprint density at radius 2 is 0.980 bits per heavy atom. The van der Waals surface area contributed by atoms with Crippen molar-refractivity contribution in [3.05, 3.63) is 176 Å². The second-order valence-corrected chi connectivity index (χ2v) is 13.4. The largest absolute Gasteiger partial charge is 0.454 e. The molecule has 0 saturated heterocycles. The van der Waals surface area contributed by atoms with Gasteiger partial charge in [0.1, 0.15) is 10.6 Å². The third kappa shape index (κ3) is 4.55. The van der Waals surface area contributed by atoms with Crippen LogP contribution < -0.4 is 9.80 Å². The van der Waals surface area contributed by atoms with Crippen LogP contribution in [0.25, 0.3) is 53.5 Å². The zero-order chi connectivity index (χ0) is 33.0. The standard InChI is InChI=1S/C45H29N3OS/c1-5-14-31(15-6-1)47(32-16-7-2-8-17-32)35-26-24-30(25-27-35)45-46-42-36-28-29-38(48(33-18-9-3-10-19-33)34-20-11-4-12-21-34)43-41(36)40-37(44(42)50-45)22-13-23-39(40)49-43/h1-29H. The number of benzene rings is 8. The fraction of sp³-hybridized carbons (Fsp3) is 0. The predicted molar refractivity (Wildman–Crippen MR) is 210 cm³/mol. The van der Waals surface area contributed by atoms with Crippen molar-refractivity contribution in [2.75, 3.05) is 9.80 Å². The monoisotopic (exact) mass is 659 g/mol. The van der Waals surface area contributed by atoms with E-state index in [-0.39, 0.29) is 0 Å². The predicted octanol–water partition coefficient (Wildman–Crippen LogP) is 13.4. The van der Waals surface area contributed by atoms with E-state index in [2.05, 4.69) is 186 Å². The highest BCUT2D eigenvalue weighted by Crippen LogP contribution is 2.49. The second-order valence-electron chi connectivity index (χ2n) is 12.4. The first-order valence-corrected chi connectivity index (χ1v) is 17.5. The SMILES string of the molecule is c1ccc(N(c2ccccc2)c2ccc(-c3nc4c5ccc(N(c6ccccc6)c6ccccc6)c6oc7cccc(c4s3)c7c65)cc2)cc1. The second kappa shape index (κ2) is 11.6. The average molecular weight is 660 g/mol. The van der Waals surface area contributed by atoms with Crippen LogP contribution in [0.1, 0.15) is 0 Å². The number of aromatic nitrogens is 1. The first kappa shape index (κ1) is 28.6. The summed E-state index contributed by atoms with van der Waals surface area (Å²) in [7, 11) is 0. The van der Waals surface area contributed by atoms with Gasteiger partial charge in [-0.15, -0.1) is 11.3 Å². The number of anilines is 6. The summed E-state index contributed by atoms with van der Waals surface area (Å²) in [4.78, 5) is 9.90. The van der Waals surface area contributed by atoms with Gasteiger partial charge in [0.2, 0.25) is 0 Å². The van der Waals surface area contributed by atoms with Crippen molar-refractivity contribution < 1.29 is 4.42 Å². The maximum atomic E-state index is 6.76. The molecule has 0 amide bonds. The van der Waals surface area contributed by atoms with Crippen LogP contribution in [0.2, 0.25) is 0 Å². The molecular formula is C45H29N3OS. The molecule has 236 valence electrons. The molecule has 0 aliphatic heterocycles. The zero-order valence-electron chi connectivity index (χ0n) is 26.9. The van der Waals surface area contributed by atoms with E-state index in [4.69, 9.17) is 9.40 Å². The van der Waals surface area contributed by atoms with Crippen LogP contribution in [0.4, 0.5) is 34.1 Å². The normalized spacial score (nSPS) is 11.6. The summed E-state index contributed by atoms with van der Waals surface area (Å²) < 4.78 is 7.94. The Labute approximate surface area is 293 Å². The molecule has 0 fully saturated rings. The number of hydrogen-bond donors (Lipinski definition) is 0. The van der Waals surface area contributed by atoms with Gasteiger partial charge in [0.15, 0.2) is 5.58 Å². The minimum atomic E-state index is 0.865. The van der Waals surface area contributed by atoms with Gasteiger partial charge >= 0.3 is 0 Å². The molecule has 50 heavy (non-hydrogen) atoms. The van der Waals surface area contributed by atoms with Gasteiger partial charge in [-0.25, -0.2) is 4.98 Å². The van der Waals surface area contributed by atoms with E-state index >= 15 is 0 Å². The lowest BCUT2D eigenvalue weighted by Gasteiger charge is -2.25. The van der Waals surface area contributed by atoms with Crippen molar-refractivity contribution in [2.45, 2.75) is 0 Å². The van der Waals surface area contributed by atoms with E-state index in [1.54, 1.807) is 11.3 Å². The summed E-state index contributed by atoms with van der Waals surface area (Å²) in [5, 5.41) is 5.55. The molecular weight excluding hydrogens is 631 g/mol. The molecule has 0 radical (unpaired) electrons. The van der Waals surface area contributed by atoms with Gasteiger partial charge in [-0.3, -0.25) is 0 Å². The van der Waals surface area contributed by atoms with Gasteiger partial charge in [-0.05, 0) is 91.0 Å². The van der Waals surface area contributed by atoms with Gasteiger partial charge in [-0.1, -0.05) is 84.9 Å². The Morgan fingerprint density at radius 3 is 1.56 bits per heavy atom. The van der Waals surface area contributed by atoms with Crippen molar-refractivity contribution in [3.8, 4) is 10.6 Å². The molecule has 0 atom stereocenters. The number of rotatable bonds is 7. The highest BCUT2D eigenvalue weighted by atomic mass is 32.1. The third-order valence-electron chi connectivity index (χ3n) is 9.42. The van der Waals surface area contributed by atoms with Gasteiger partial charge in [-0.2, -0.15) is 0 Å². The van der Waals surface area contributed by atoms with Crippen molar-refractivity contribution in [2.24, 2.45) is 0 Å². The lowest BCUT2D eigenvalue weighted by Crippen LogP contribution is -2.09. The highest BCUT2D eigenvalue weighted by Gasteiger charge is 2.25. The molecule has 0 unspecified atom stereocenters. The van der Waals surface area contributed by atoms with E-state index in [0.717, 1.165) is 77.5 Å². The van der Waals surface area contributed by atoms with Gasteiger partial charge in [0.25, 0.3) is 0 Å². The molecule has 5 heteroatoms. The molecule has 2 heterocycles. The Kier molecular flexibility index (Phi) is 6.64. The number of hydrogen-bond acceptors (Lipinski definition) is 5. The lowest BCUT2D eigenvalue weighted by molar-refractivity contribution is 0.669. The molecule has 4 nitrogen and oxygen atoms in total. The van der Waals surface area contributed by atoms with Gasteiger partial charge < -0.3 is 14.2 Å². The maximum absolute atomic E-state index is 6.76. The van der Waals surface area contributed by atoms with Crippen LogP contribution in [0.15, 0.2) is 180 Å². The van der Waals surface area contributed by atoms with E-state index in [0.29, 0.717) is 0 Å². The minimum absolute atomic E-state index is 0.865.